The summed E-state index contributed by atoms with van der Waals surface area (Å²) >= 11 is 1.31. The molecule has 82 valence electrons. The van der Waals surface area contributed by atoms with Crippen LogP contribution in [0, 0.1) is 0 Å². The van der Waals surface area contributed by atoms with E-state index in [1.165, 1.54) is 11.3 Å². The van der Waals surface area contributed by atoms with E-state index >= 15 is 0 Å². The maximum Gasteiger partial charge on any atom is 0.284 e. The van der Waals surface area contributed by atoms with Gasteiger partial charge in [0.2, 0.25) is 10.1 Å². The van der Waals surface area contributed by atoms with Gasteiger partial charge in [0.05, 0.1) is 0 Å². The fourth-order valence-electron chi connectivity index (χ4n) is 1.31. The minimum atomic E-state index is -0.0147. The lowest BCUT2D eigenvalue weighted by Gasteiger charge is -2.13. The van der Waals surface area contributed by atoms with Gasteiger partial charge in [-0.05, 0) is 19.8 Å². The Bertz CT molecular complexity index is 361. The summed E-state index contributed by atoms with van der Waals surface area (Å²) in [6, 6.07) is 0.420. The summed E-state index contributed by atoms with van der Waals surface area (Å²) in [7, 11) is 1.83. The number of hydrogen-bond donors (Lipinski definition) is 1. The summed E-state index contributed by atoms with van der Waals surface area (Å²) in [6.45, 7) is 2.78. The van der Waals surface area contributed by atoms with Crippen molar-refractivity contribution in [1.29, 1.82) is 0 Å². The van der Waals surface area contributed by atoms with Crippen LogP contribution in [-0.4, -0.2) is 40.6 Å². The van der Waals surface area contributed by atoms with Crippen LogP contribution in [0.5, 0.6) is 0 Å². The molecular formula is C9H14N4OS. The smallest absolute Gasteiger partial charge is 0.284 e. The highest BCUT2D eigenvalue weighted by Crippen LogP contribution is 2.27. The van der Waals surface area contributed by atoms with Crippen molar-refractivity contribution in [1.82, 2.24) is 15.1 Å². The predicted molar refractivity (Wildman–Crippen MR) is 59.2 cm³/mol. The first-order valence-electron chi connectivity index (χ1n) is 5.07. The summed E-state index contributed by atoms with van der Waals surface area (Å²) < 4.78 is 0. The first-order chi connectivity index (χ1) is 7.22. The molecule has 15 heavy (non-hydrogen) atoms. The van der Waals surface area contributed by atoms with E-state index in [4.69, 9.17) is 0 Å². The lowest BCUT2D eigenvalue weighted by Crippen LogP contribution is -2.28. The third-order valence-electron chi connectivity index (χ3n) is 2.35. The van der Waals surface area contributed by atoms with Gasteiger partial charge in [-0.1, -0.05) is 11.3 Å². The van der Waals surface area contributed by atoms with Crippen molar-refractivity contribution in [2.24, 2.45) is 0 Å². The van der Waals surface area contributed by atoms with E-state index in [-0.39, 0.29) is 5.91 Å². The van der Waals surface area contributed by atoms with E-state index in [9.17, 15) is 4.79 Å². The van der Waals surface area contributed by atoms with E-state index in [0.717, 1.165) is 19.4 Å². The number of carbonyl (C=O) groups excluding carboxylic acids is 1. The molecule has 6 heteroatoms. The van der Waals surface area contributed by atoms with Crippen LogP contribution in [0.3, 0.4) is 0 Å². The second-order valence-electron chi connectivity index (χ2n) is 3.59. The highest BCUT2D eigenvalue weighted by atomic mass is 32.1. The van der Waals surface area contributed by atoms with Crippen LogP contribution in [0.2, 0.25) is 0 Å². The molecule has 2 rings (SSSR count). The number of nitrogens with zero attached hydrogens (tertiary/aromatic N) is 3. The number of nitrogens with one attached hydrogen (secondary N) is 1. The molecule has 1 fully saturated rings. The second kappa shape index (κ2) is 4.14. The van der Waals surface area contributed by atoms with Crippen LogP contribution >= 0.6 is 11.3 Å². The Morgan fingerprint density at radius 3 is 2.93 bits per heavy atom. The van der Waals surface area contributed by atoms with Crippen LogP contribution in [-0.2, 0) is 0 Å². The van der Waals surface area contributed by atoms with Gasteiger partial charge in [0.15, 0.2) is 0 Å². The first-order valence-corrected chi connectivity index (χ1v) is 5.88. The normalized spacial score (nSPS) is 15.1. The lowest BCUT2D eigenvalue weighted by molar-refractivity contribution is 0.0784. The van der Waals surface area contributed by atoms with E-state index in [0.29, 0.717) is 16.2 Å². The Hall–Kier alpha value is -1.17. The number of amides is 1. The minimum absolute atomic E-state index is 0.0147. The molecule has 1 saturated carbocycles. The zero-order chi connectivity index (χ0) is 10.8. The van der Waals surface area contributed by atoms with Crippen molar-refractivity contribution in [3.8, 4) is 0 Å². The third-order valence-corrected chi connectivity index (χ3v) is 3.22. The van der Waals surface area contributed by atoms with Gasteiger partial charge in [-0.2, -0.15) is 0 Å². The monoisotopic (exact) mass is 226 g/mol. The Morgan fingerprint density at radius 2 is 2.33 bits per heavy atom. The summed E-state index contributed by atoms with van der Waals surface area (Å²) in [5.41, 5.74) is 0. The van der Waals surface area contributed by atoms with E-state index in [2.05, 4.69) is 15.5 Å². The van der Waals surface area contributed by atoms with Crippen LogP contribution in [0.4, 0.5) is 5.13 Å². The molecule has 1 aliphatic rings. The number of hydrogen-bond acceptors (Lipinski definition) is 5. The predicted octanol–water partition coefficient (Wildman–Crippen LogP) is 1.20. The molecule has 0 unspecified atom stereocenters. The molecule has 0 aliphatic heterocycles. The fourth-order valence-corrected chi connectivity index (χ4v) is 2.11. The highest BCUT2D eigenvalue weighted by Gasteiger charge is 2.31. The second-order valence-corrected chi connectivity index (χ2v) is 4.57. The maximum atomic E-state index is 11.8. The number of carbonyl (C=O) groups is 1. The van der Waals surface area contributed by atoms with Crippen molar-refractivity contribution in [2.75, 3.05) is 18.9 Å². The van der Waals surface area contributed by atoms with Gasteiger partial charge in [-0.3, -0.25) is 4.79 Å². The van der Waals surface area contributed by atoms with Gasteiger partial charge < -0.3 is 10.2 Å². The SMILES string of the molecule is CCNc1nnc(C(=O)N(C)C2CC2)s1. The number of anilines is 1. The molecule has 0 aromatic carbocycles. The van der Waals surface area contributed by atoms with Crippen LogP contribution in [0.1, 0.15) is 29.6 Å². The first kappa shape index (κ1) is 10.4. The van der Waals surface area contributed by atoms with Crippen molar-refractivity contribution in [2.45, 2.75) is 25.8 Å². The summed E-state index contributed by atoms with van der Waals surface area (Å²) in [5.74, 6) is -0.0147. The molecule has 0 spiro atoms. The van der Waals surface area contributed by atoms with E-state index < -0.39 is 0 Å². The molecule has 0 radical (unpaired) electrons. The zero-order valence-corrected chi connectivity index (χ0v) is 9.67. The Morgan fingerprint density at radius 1 is 1.60 bits per heavy atom. The Balaban J connectivity index is 2.04. The highest BCUT2D eigenvalue weighted by molar-refractivity contribution is 7.17. The molecule has 5 nitrogen and oxygen atoms in total. The minimum Gasteiger partial charge on any atom is -0.360 e. The van der Waals surface area contributed by atoms with Crippen LogP contribution in [0.15, 0.2) is 0 Å². The van der Waals surface area contributed by atoms with Gasteiger partial charge in [-0.25, -0.2) is 0 Å². The van der Waals surface area contributed by atoms with Crippen molar-refractivity contribution in [3.63, 3.8) is 0 Å². The van der Waals surface area contributed by atoms with E-state index in [1.54, 1.807) is 4.90 Å². The Labute approximate surface area is 92.5 Å². The molecule has 1 N–H and O–H groups in total. The number of aromatic nitrogens is 2. The molecule has 0 bridgehead atoms. The van der Waals surface area contributed by atoms with Gasteiger partial charge in [0.25, 0.3) is 5.91 Å². The zero-order valence-electron chi connectivity index (χ0n) is 8.86. The quantitative estimate of drug-likeness (QED) is 0.838. The Kier molecular flexibility index (Phi) is 2.86. The molecule has 1 aromatic heterocycles. The average molecular weight is 226 g/mol. The summed E-state index contributed by atoms with van der Waals surface area (Å²) in [5, 5.41) is 12.0. The van der Waals surface area contributed by atoms with Gasteiger partial charge in [0.1, 0.15) is 0 Å². The third kappa shape index (κ3) is 2.26. The molecule has 0 atom stereocenters. The molecule has 1 amide bonds. The van der Waals surface area contributed by atoms with Crippen molar-refractivity contribution >= 4 is 22.4 Å². The lowest BCUT2D eigenvalue weighted by atomic mass is 10.5. The molecular weight excluding hydrogens is 212 g/mol. The van der Waals surface area contributed by atoms with Crippen molar-refractivity contribution < 1.29 is 4.79 Å². The van der Waals surface area contributed by atoms with Gasteiger partial charge >= 0.3 is 0 Å². The van der Waals surface area contributed by atoms with Gasteiger partial charge in [-0.15, -0.1) is 10.2 Å². The molecule has 1 heterocycles. The van der Waals surface area contributed by atoms with Crippen LogP contribution < -0.4 is 5.32 Å². The van der Waals surface area contributed by atoms with Crippen molar-refractivity contribution in [3.05, 3.63) is 5.01 Å². The average Bonchev–Trinajstić information content (AvgIpc) is 2.98. The summed E-state index contributed by atoms with van der Waals surface area (Å²) in [6.07, 6.45) is 2.22. The number of rotatable bonds is 4. The largest absolute Gasteiger partial charge is 0.360 e. The molecule has 0 saturated heterocycles. The maximum absolute atomic E-state index is 11.8. The van der Waals surface area contributed by atoms with Gasteiger partial charge in [0, 0.05) is 19.6 Å². The fraction of sp³-hybridized carbons (Fsp3) is 0.667. The topological polar surface area (TPSA) is 58.1 Å². The molecule has 1 aromatic rings. The van der Waals surface area contributed by atoms with Crippen LogP contribution in [0.25, 0.3) is 0 Å². The molecule has 1 aliphatic carbocycles. The van der Waals surface area contributed by atoms with E-state index in [1.807, 2.05) is 14.0 Å². The summed E-state index contributed by atoms with van der Waals surface area (Å²) in [4.78, 5) is 13.6. The standard InChI is InChI=1S/C9H14N4OS/c1-3-10-9-12-11-7(15-9)8(14)13(2)6-4-5-6/h6H,3-5H2,1-2H3,(H,10,12).